The van der Waals surface area contributed by atoms with Crippen molar-refractivity contribution in [3.8, 4) is 0 Å². The summed E-state index contributed by atoms with van der Waals surface area (Å²) in [6.07, 6.45) is 8.10. The Morgan fingerprint density at radius 1 is 1.32 bits per heavy atom. The lowest BCUT2D eigenvalue weighted by Gasteiger charge is -2.23. The van der Waals surface area contributed by atoms with Gasteiger partial charge in [-0.05, 0) is 31.4 Å². The Morgan fingerprint density at radius 3 is 2.84 bits per heavy atom. The van der Waals surface area contributed by atoms with Gasteiger partial charge in [0.05, 0.1) is 6.33 Å². The number of hydrogen-bond acceptors (Lipinski definition) is 4. The van der Waals surface area contributed by atoms with Gasteiger partial charge in [0.25, 0.3) is 0 Å². The predicted octanol–water partition coefficient (Wildman–Crippen LogP) is 3.24. The molecule has 2 heterocycles. The Kier molecular flexibility index (Phi) is 3.55. The SMILES string of the molecule is CCn1cnc2nc(Cl)nc(NC3CCCCC3)c21. The summed E-state index contributed by atoms with van der Waals surface area (Å²) >= 11 is 5.98. The van der Waals surface area contributed by atoms with Crippen LogP contribution >= 0.6 is 11.6 Å². The number of halogens is 1. The van der Waals surface area contributed by atoms with Crippen LogP contribution in [0.1, 0.15) is 39.0 Å². The summed E-state index contributed by atoms with van der Waals surface area (Å²) in [6, 6.07) is 0.489. The van der Waals surface area contributed by atoms with Crippen LogP contribution in [-0.4, -0.2) is 25.6 Å². The molecule has 0 bridgehead atoms. The highest BCUT2D eigenvalue weighted by Gasteiger charge is 2.18. The zero-order valence-electron chi connectivity index (χ0n) is 11.1. The molecular formula is C13H18ClN5. The summed E-state index contributed by atoms with van der Waals surface area (Å²) in [6.45, 7) is 2.93. The van der Waals surface area contributed by atoms with Gasteiger partial charge in [0.15, 0.2) is 11.5 Å². The van der Waals surface area contributed by atoms with E-state index in [1.54, 1.807) is 6.33 Å². The number of nitrogens with one attached hydrogen (secondary N) is 1. The van der Waals surface area contributed by atoms with E-state index in [1.165, 1.54) is 32.1 Å². The molecular weight excluding hydrogens is 262 g/mol. The third-order valence-corrected chi connectivity index (χ3v) is 3.90. The molecule has 0 radical (unpaired) electrons. The number of hydrogen-bond donors (Lipinski definition) is 1. The molecule has 0 spiro atoms. The molecule has 2 aromatic heterocycles. The second-order valence-corrected chi connectivity index (χ2v) is 5.36. The van der Waals surface area contributed by atoms with Crippen LogP contribution in [0.2, 0.25) is 5.28 Å². The summed E-state index contributed by atoms with van der Waals surface area (Å²) in [5, 5.41) is 3.79. The Morgan fingerprint density at radius 2 is 2.11 bits per heavy atom. The van der Waals surface area contributed by atoms with Crippen LogP contribution in [0.15, 0.2) is 6.33 Å². The second-order valence-electron chi connectivity index (χ2n) is 5.02. The van der Waals surface area contributed by atoms with Gasteiger partial charge in [0.2, 0.25) is 5.28 Å². The summed E-state index contributed by atoms with van der Waals surface area (Å²) < 4.78 is 2.05. The fraction of sp³-hybridized carbons (Fsp3) is 0.615. The van der Waals surface area contributed by atoms with E-state index in [0.717, 1.165) is 17.9 Å². The smallest absolute Gasteiger partial charge is 0.226 e. The Balaban J connectivity index is 1.98. The average molecular weight is 280 g/mol. The highest BCUT2D eigenvalue weighted by molar-refractivity contribution is 6.28. The summed E-state index contributed by atoms with van der Waals surface area (Å²) in [5.74, 6) is 0.821. The molecule has 0 aliphatic heterocycles. The Labute approximate surface area is 117 Å². The maximum atomic E-state index is 5.98. The van der Waals surface area contributed by atoms with Crippen molar-refractivity contribution in [1.29, 1.82) is 0 Å². The van der Waals surface area contributed by atoms with E-state index in [-0.39, 0.29) is 5.28 Å². The van der Waals surface area contributed by atoms with Crippen molar-refractivity contribution in [2.24, 2.45) is 0 Å². The van der Waals surface area contributed by atoms with Crippen molar-refractivity contribution in [1.82, 2.24) is 19.5 Å². The van der Waals surface area contributed by atoms with E-state index in [1.807, 2.05) is 0 Å². The molecule has 0 atom stereocenters. The Bertz CT molecular complexity index is 574. The molecule has 0 aromatic carbocycles. The number of fused-ring (bicyclic) bond motifs is 1. The lowest BCUT2D eigenvalue weighted by molar-refractivity contribution is 0.462. The van der Waals surface area contributed by atoms with Crippen LogP contribution < -0.4 is 5.32 Å². The molecule has 5 nitrogen and oxygen atoms in total. The highest BCUT2D eigenvalue weighted by Crippen LogP contribution is 2.26. The van der Waals surface area contributed by atoms with E-state index in [2.05, 4.69) is 31.8 Å². The maximum absolute atomic E-state index is 5.98. The lowest BCUT2D eigenvalue weighted by atomic mass is 9.95. The first-order chi connectivity index (χ1) is 9.28. The first kappa shape index (κ1) is 12.7. The highest BCUT2D eigenvalue weighted by atomic mass is 35.5. The van der Waals surface area contributed by atoms with Crippen LogP contribution in [0.4, 0.5) is 5.82 Å². The molecule has 102 valence electrons. The van der Waals surface area contributed by atoms with E-state index in [4.69, 9.17) is 11.6 Å². The van der Waals surface area contributed by atoms with Gasteiger partial charge in [-0.15, -0.1) is 0 Å². The molecule has 1 aliphatic carbocycles. The van der Waals surface area contributed by atoms with Crippen molar-refractivity contribution < 1.29 is 0 Å². The monoisotopic (exact) mass is 279 g/mol. The van der Waals surface area contributed by atoms with E-state index < -0.39 is 0 Å². The molecule has 2 aromatic rings. The van der Waals surface area contributed by atoms with Crippen molar-refractivity contribution in [2.45, 2.75) is 51.6 Å². The number of rotatable bonds is 3. The number of imidazole rings is 1. The summed E-state index contributed by atoms with van der Waals surface area (Å²) in [7, 11) is 0. The van der Waals surface area contributed by atoms with Gasteiger partial charge < -0.3 is 9.88 Å². The van der Waals surface area contributed by atoms with Crippen LogP contribution in [-0.2, 0) is 6.54 Å². The fourth-order valence-electron chi connectivity index (χ4n) is 2.73. The van der Waals surface area contributed by atoms with Crippen LogP contribution in [0.5, 0.6) is 0 Å². The van der Waals surface area contributed by atoms with Crippen molar-refractivity contribution in [2.75, 3.05) is 5.32 Å². The molecule has 1 N–H and O–H groups in total. The first-order valence-electron chi connectivity index (χ1n) is 6.93. The van der Waals surface area contributed by atoms with Crippen LogP contribution in [0.25, 0.3) is 11.2 Å². The maximum Gasteiger partial charge on any atom is 0.226 e. The van der Waals surface area contributed by atoms with E-state index >= 15 is 0 Å². The third-order valence-electron chi connectivity index (χ3n) is 3.73. The van der Waals surface area contributed by atoms with Crippen LogP contribution in [0.3, 0.4) is 0 Å². The number of aromatic nitrogens is 4. The Hall–Kier alpha value is -1.36. The molecule has 1 saturated carbocycles. The third kappa shape index (κ3) is 2.52. The quantitative estimate of drug-likeness (QED) is 0.877. The molecule has 1 aliphatic rings. The minimum atomic E-state index is 0.257. The number of nitrogens with zero attached hydrogens (tertiary/aromatic N) is 4. The van der Waals surface area contributed by atoms with Gasteiger partial charge >= 0.3 is 0 Å². The largest absolute Gasteiger partial charge is 0.365 e. The molecule has 19 heavy (non-hydrogen) atoms. The van der Waals surface area contributed by atoms with Crippen LogP contribution in [0, 0.1) is 0 Å². The standard InChI is InChI=1S/C13H18ClN5/c1-2-19-8-15-11-10(19)12(18-13(14)17-11)16-9-6-4-3-5-7-9/h8-9H,2-7H2,1H3,(H,16,17,18). The predicted molar refractivity (Wildman–Crippen MR) is 76.5 cm³/mol. The van der Waals surface area contributed by atoms with Crippen molar-refractivity contribution in [3.05, 3.63) is 11.6 Å². The molecule has 0 unspecified atom stereocenters. The van der Waals surface area contributed by atoms with E-state index in [0.29, 0.717) is 11.7 Å². The lowest BCUT2D eigenvalue weighted by Crippen LogP contribution is -2.23. The van der Waals surface area contributed by atoms with E-state index in [9.17, 15) is 0 Å². The van der Waals surface area contributed by atoms with Gasteiger partial charge in [-0.25, -0.2) is 4.98 Å². The fourth-order valence-corrected chi connectivity index (χ4v) is 2.90. The zero-order chi connectivity index (χ0) is 13.2. The molecule has 6 heteroatoms. The topological polar surface area (TPSA) is 55.6 Å². The number of aryl methyl sites for hydroxylation is 1. The number of anilines is 1. The van der Waals surface area contributed by atoms with Gasteiger partial charge in [-0.1, -0.05) is 19.3 Å². The molecule has 0 amide bonds. The minimum Gasteiger partial charge on any atom is -0.365 e. The molecule has 3 rings (SSSR count). The van der Waals surface area contributed by atoms with Gasteiger partial charge in [0.1, 0.15) is 5.52 Å². The van der Waals surface area contributed by atoms with Gasteiger partial charge in [0, 0.05) is 12.6 Å². The van der Waals surface area contributed by atoms with Gasteiger partial charge in [-0.3, -0.25) is 0 Å². The molecule has 1 fully saturated rings. The van der Waals surface area contributed by atoms with Gasteiger partial charge in [-0.2, -0.15) is 9.97 Å². The minimum absolute atomic E-state index is 0.257. The normalized spacial score (nSPS) is 16.9. The second kappa shape index (κ2) is 5.33. The van der Waals surface area contributed by atoms with Crippen molar-refractivity contribution in [3.63, 3.8) is 0 Å². The average Bonchev–Trinajstić information content (AvgIpc) is 2.82. The molecule has 0 saturated heterocycles. The summed E-state index contributed by atoms with van der Waals surface area (Å²) in [5.41, 5.74) is 1.62. The van der Waals surface area contributed by atoms with Crippen molar-refractivity contribution >= 4 is 28.6 Å². The summed E-state index contributed by atoms with van der Waals surface area (Å²) in [4.78, 5) is 12.8. The first-order valence-corrected chi connectivity index (χ1v) is 7.30. The zero-order valence-corrected chi connectivity index (χ0v) is 11.8.